The summed E-state index contributed by atoms with van der Waals surface area (Å²) >= 11 is 1.51. The van der Waals surface area contributed by atoms with Gasteiger partial charge in [0.15, 0.2) is 0 Å². The molecule has 0 aliphatic carbocycles. The van der Waals surface area contributed by atoms with E-state index in [-0.39, 0.29) is 29.4 Å². The predicted octanol–water partition coefficient (Wildman–Crippen LogP) is 2.60. The van der Waals surface area contributed by atoms with Crippen molar-refractivity contribution in [3.05, 3.63) is 21.7 Å². The molecule has 2 aliphatic rings. The van der Waals surface area contributed by atoms with Crippen LogP contribution in [-0.4, -0.2) is 35.5 Å². The van der Waals surface area contributed by atoms with Crippen LogP contribution in [0.5, 0.6) is 0 Å². The van der Waals surface area contributed by atoms with E-state index in [2.05, 4.69) is 24.1 Å². The minimum Gasteiger partial charge on any atom is -0.460 e. The van der Waals surface area contributed by atoms with E-state index in [9.17, 15) is 9.59 Å². The zero-order valence-electron chi connectivity index (χ0n) is 14.0. The molecule has 1 atom stereocenters. The van der Waals surface area contributed by atoms with Gasteiger partial charge in [0.2, 0.25) is 5.91 Å². The number of hydrogen-bond donors (Lipinski definition) is 1. The molecule has 0 radical (unpaired) electrons. The van der Waals surface area contributed by atoms with Crippen LogP contribution < -0.4 is 5.32 Å². The van der Waals surface area contributed by atoms with E-state index in [1.165, 1.54) is 11.8 Å². The molecule has 0 spiro atoms. The fourth-order valence-corrected chi connectivity index (χ4v) is 4.10. The van der Waals surface area contributed by atoms with Crippen LogP contribution in [0.2, 0.25) is 0 Å². The molecule has 2 aliphatic heterocycles. The lowest BCUT2D eigenvalue weighted by Gasteiger charge is -2.37. The van der Waals surface area contributed by atoms with Gasteiger partial charge in [-0.15, -0.1) is 0 Å². The van der Waals surface area contributed by atoms with Gasteiger partial charge in [0.25, 0.3) is 0 Å². The zero-order chi connectivity index (χ0) is 16.7. The molecule has 22 heavy (non-hydrogen) atoms. The highest BCUT2D eigenvalue weighted by atomic mass is 32.2. The molecule has 1 unspecified atom stereocenters. The highest BCUT2D eigenvalue weighted by Gasteiger charge is 2.50. The van der Waals surface area contributed by atoms with Crippen LogP contribution in [0.15, 0.2) is 21.7 Å². The Hall–Kier alpha value is -1.43. The third-order valence-electron chi connectivity index (χ3n) is 4.28. The minimum absolute atomic E-state index is 0.0326. The van der Waals surface area contributed by atoms with Crippen molar-refractivity contribution in [2.75, 3.05) is 7.05 Å². The molecule has 0 aromatic heterocycles. The standard InChI is InChI=1S/C16H24N2O3S/c1-9(2)21-15(20)13-10(3)16(4,5)18-11(7-12(19)17-6)8-22-14(13)18/h8-10H,7H2,1-6H3,(H,17,19). The third-order valence-corrected chi connectivity index (χ3v) is 5.30. The van der Waals surface area contributed by atoms with Crippen molar-refractivity contribution in [2.24, 2.45) is 5.92 Å². The van der Waals surface area contributed by atoms with Crippen LogP contribution in [0, 0.1) is 5.92 Å². The van der Waals surface area contributed by atoms with E-state index >= 15 is 0 Å². The van der Waals surface area contributed by atoms with Gasteiger partial charge in [0.1, 0.15) is 0 Å². The van der Waals surface area contributed by atoms with Crippen molar-refractivity contribution in [2.45, 2.75) is 52.7 Å². The number of fused-ring (bicyclic) bond motifs is 1. The second-order valence-corrected chi connectivity index (χ2v) is 7.32. The number of ether oxygens (including phenoxy) is 1. The Labute approximate surface area is 136 Å². The van der Waals surface area contributed by atoms with Crippen LogP contribution >= 0.6 is 11.8 Å². The Bertz CT molecular complexity index is 564. The van der Waals surface area contributed by atoms with Gasteiger partial charge in [0, 0.05) is 24.2 Å². The predicted molar refractivity (Wildman–Crippen MR) is 87.7 cm³/mol. The van der Waals surface area contributed by atoms with Crippen LogP contribution in [0.3, 0.4) is 0 Å². The van der Waals surface area contributed by atoms with Gasteiger partial charge in [0.05, 0.1) is 23.1 Å². The normalized spacial score (nSPS) is 22.8. The molecular formula is C16H24N2O3S. The van der Waals surface area contributed by atoms with Crippen LogP contribution in [0.4, 0.5) is 0 Å². The maximum atomic E-state index is 12.5. The van der Waals surface area contributed by atoms with Crippen molar-refractivity contribution >= 4 is 23.6 Å². The molecule has 0 saturated carbocycles. The molecular weight excluding hydrogens is 300 g/mol. The number of esters is 1. The average Bonchev–Trinajstić information content (AvgIpc) is 2.89. The Morgan fingerprint density at radius 1 is 1.45 bits per heavy atom. The van der Waals surface area contributed by atoms with Crippen LogP contribution in [0.25, 0.3) is 0 Å². The average molecular weight is 324 g/mol. The first-order chi connectivity index (χ1) is 10.2. The van der Waals surface area contributed by atoms with Crippen molar-refractivity contribution in [3.63, 3.8) is 0 Å². The summed E-state index contributed by atoms with van der Waals surface area (Å²) in [4.78, 5) is 26.3. The molecule has 2 rings (SSSR count). The van der Waals surface area contributed by atoms with Crippen molar-refractivity contribution < 1.29 is 14.3 Å². The molecule has 0 aromatic carbocycles. The lowest BCUT2D eigenvalue weighted by Crippen LogP contribution is -2.42. The summed E-state index contributed by atoms with van der Waals surface area (Å²) in [5, 5.41) is 5.51. The first kappa shape index (κ1) is 16.9. The van der Waals surface area contributed by atoms with Crippen LogP contribution in [0.1, 0.15) is 41.0 Å². The fourth-order valence-electron chi connectivity index (χ4n) is 2.82. The quantitative estimate of drug-likeness (QED) is 0.806. The largest absolute Gasteiger partial charge is 0.460 e. The number of rotatable bonds is 4. The Balaban J connectivity index is 2.34. The number of carbonyl (C=O) groups excluding carboxylic acids is 2. The highest BCUT2D eigenvalue weighted by molar-refractivity contribution is 8.06. The molecule has 2 heterocycles. The van der Waals surface area contributed by atoms with E-state index in [1.807, 2.05) is 26.2 Å². The van der Waals surface area contributed by atoms with Gasteiger partial charge in [-0.05, 0) is 33.1 Å². The van der Waals surface area contributed by atoms with E-state index in [0.717, 1.165) is 10.7 Å². The molecule has 0 saturated heterocycles. The molecule has 0 fully saturated rings. The molecule has 6 heteroatoms. The lowest BCUT2D eigenvalue weighted by molar-refractivity contribution is -0.143. The highest BCUT2D eigenvalue weighted by Crippen LogP contribution is 2.53. The maximum Gasteiger partial charge on any atom is 0.337 e. The Kier molecular flexibility index (Phi) is 4.61. The number of amides is 1. The first-order valence-electron chi connectivity index (χ1n) is 7.51. The van der Waals surface area contributed by atoms with E-state index < -0.39 is 0 Å². The summed E-state index contributed by atoms with van der Waals surface area (Å²) in [7, 11) is 1.63. The maximum absolute atomic E-state index is 12.5. The summed E-state index contributed by atoms with van der Waals surface area (Å²) in [5.41, 5.74) is 1.39. The fraction of sp³-hybridized carbons (Fsp3) is 0.625. The lowest BCUT2D eigenvalue weighted by atomic mass is 9.85. The summed E-state index contributed by atoms with van der Waals surface area (Å²) in [6.45, 7) is 9.93. The third kappa shape index (κ3) is 2.76. The molecule has 0 aromatic rings. The molecule has 0 bridgehead atoms. The minimum atomic E-state index is -0.260. The van der Waals surface area contributed by atoms with E-state index in [4.69, 9.17) is 4.74 Å². The number of thioether (sulfide) groups is 1. The van der Waals surface area contributed by atoms with Gasteiger partial charge >= 0.3 is 5.97 Å². The van der Waals surface area contributed by atoms with E-state index in [0.29, 0.717) is 12.0 Å². The number of nitrogens with zero attached hydrogens (tertiary/aromatic N) is 1. The molecule has 1 amide bonds. The first-order valence-corrected chi connectivity index (χ1v) is 8.39. The summed E-state index contributed by atoms with van der Waals surface area (Å²) < 4.78 is 5.40. The van der Waals surface area contributed by atoms with Gasteiger partial charge in [-0.25, -0.2) is 4.79 Å². The molecule has 1 N–H and O–H groups in total. The van der Waals surface area contributed by atoms with Crippen molar-refractivity contribution in [1.82, 2.24) is 10.2 Å². The van der Waals surface area contributed by atoms with Crippen molar-refractivity contribution in [1.29, 1.82) is 0 Å². The number of carbonyl (C=O) groups is 2. The van der Waals surface area contributed by atoms with Gasteiger partial charge in [-0.3, -0.25) is 4.79 Å². The number of nitrogens with one attached hydrogen (secondary N) is 1. The Morgan fingerprint density at radius 2 is 2.09 bits per heavy atom. The topological polar surface area (TPSA) is 58.6 Å². The summed E-state index contributed by atoms with van der Waals surface area (Å²) in [6, 6.07) is 0. The second kappa shape index (κ2) is 5.99. The molecule has 122 valence electrons. The van der Waals surface area contributed by atoms with Gasteiger partial charge in [-0.1, -0.05) is 18.7 Å². The summed E-state index contributed by atoms with van der Waals surface area (Å²) in [5.74, 6) is -0.250. The van der Waals surface area contributed by atoms with Crippen molar-refractivity contribution in [3.8, 4) is 0 Å². The zero-order valence-corrected chi connectivity index (χ0v) is 14.8. The van der Waals surface area contributed by atoms with E-state index in [1.54, 1.807) is 7.05 Å². The monoisotopic (exact) mass is 324 g/mol. The smallest absolute Gasteiger partial charge is 0.337 e. The van der Waals surface area contributed by atoms with Gasteiger partial charge in [-0.2, -0.15) is 0 Å². The van der Waals surface area contributed by atoms with Crippen LogP contribution in [-0.2, 0) is 14.3 Å². The Morgan fingerprint density at radius 3 is 2.64 bits per heavy atom. The number of hydrogen-bond acceptors (Lipinski definition) is 5. The molecule has 5 nitrogen and oxygen atoms in total. The SMILES string of the molecule is CNC(=O)CC1=CSC2=C(C(=O)OC(C)C)C(C)C(C)(C)N12. The summed E-state index contributed by atoms with van der Waals surface area (Å²) in [6.07, 6.45) is 0.171. The second-order valence-electron chi connectivity index (χ2n) is 6.46. The van der Waals surface area contributed by atoms with Gasteiger partial charge < -0.3 is 15.0 Å².